The monoisotopic (exact) mass is 352 g/mol. The van der Waals surface area contributed by atoms with Crippen LogP contribution in [-0.4, -0.2) is 35.2 Å². The second-order valence-corrected chi connectivity index (χ2v) is 5.85. The van der Waals surface area contributed by atoms with E-state index in [0.29, 0.717) is 25.2 Å². The Morgan fingerprint density at radius 3 is 2.04 bits per heavy atom. The molecule has 0 radical (unpaired) electrons. The van der Waals surface area contributed by atoms with Crippen molar-refractivity contribution in [1.29, 1.82) is 0 Å². The molecule has 0 fully saturated rings. The lowest BCUT2D eigenvalue weighted by molar-refractivity contribution is -0.144. The molecule has 0 aliphatic heterocycles. The van der Waals surface area contributed by atoms with Crippen LogP contribution in [0.1, 0.15) is 37.8 Å². The van der Waals surface area contributed by atoms with E-state index in [-0.39, 0.29) is 5.97 Å². The zero-order valence-corrected chi connectivity index (χ0v) is 15.1. The van der Waals surface area contributed by atoms with E-state index in [1.807, 2.05) is 60.7 Å². The van der Waals surface area contributed by atoms with Crippen LogP contribution in [0.25, 0.3) is 0 Å². The van der Waals surface area contributed by atoms with Crippen LogP contribution in [-0.2, 0) is 9.53 Å². The maximum absolute atomic E-state index is 12.4. The Hall–Kier alpha value is -2.95. The fourth-order valence-corrected chi connectivity index (χ4v) is 2.53. The molecule has 5 heteroatoms. The van der Waals surface area contributed by atoms with Crippen molar-refractivity contribution in [2.24, 2.45) is 10.1 Å². The van der Waals surface area contributed by atoms with E-state index in [2.05, 4.69) is 5.16 Å². The molecule has 5 nitrogen and oxygen atoms in total. The van der Waals surface area contributed by atoms with E-state index in [9.17, 15) is 4.79 Å². The van der Waals surface area contributed by atoms with Gasteiger partial charge in [0.2, 0.25) is 0 Å². The highest BCUT2D eigenvalue weighted by atomic mass is 16.5. The van der Waals surface area contributed by atoms with Gasteiger partial charge in [0.1, 0.15) is 6.04 Å². The maximum Gasteiger partial charge on any atom is 0.330 e. The van der Waals surface area contributed by atoms with Crippen LogP contribution in [0.15, 0.2) is 70.8 Å². The number of hydrogen-bond acceptors (Lipinski definition) is 5. The van der Waals surface area contributed by atoms with Gasteiger partial charge in [0.25, 0.3) is 0 Å². The smallest absolute Gasteiger partial charge is 0.330 e. The van der Waals surface area contributed by atoms with Gasteiger partial charge in [0.05, 0.1) is 18.0 Å². The molecular formula is C21H24N2O3. The van der Waals surface area contributed by atoms with Crippen molar-refractivity contribution in [3.05, 3.63) is 71.8 Å². The van der Waals surface area contributed by atoms with Crippen LogP contribution >= 0.6 is 0 Å². The molecule has 0 aromatic heterocycles. The largest absolute Gasteiger partial charge is 0.464 e. The van der Waals surface area contributed by atoms with E-state index in [4.69, 9.17) is 14.9 Å². The summed E-state index contributed by atoms with van der Waals surface area (Å²) in [6.07, 6.45) is 0.873. The normalized spacial score (nSPS) is 12.3. The number of benzene rings is 2. The first-order valence-corrected chi connectivity index (χ1v) is 8.68. The number of rotatable bonds is 8. The van der Waals surface area contributed by atoms with Gasteiger partial charge in [0, 0.05) is 11.1 Å². The van der Waals surface area contributed by atoms with E-state index in [0.717, 1.165) is 16.8 Å². The Kier molecular flexibility index (Phi) is 7.55. The van der Waals surface area contributed by atoms with Crippen LogP contribution in [0, 0.1) is 0 Å². The van der Waals surface area contributed by atoms with Crippen LogP contribution in [0.2, 0.25) is 0 Å². The molecule has 2 aromatic rings. The molecule has 2 rings (SSSR count). The molecule has 26 heavy (non-hydrogen) atoms. The van der Waals surface area contributed by atoms with Gasteiger partial charge in [-0.1, -0.05) is 65.8 Å². The third-order valence-electron chi connectivity index (χ3n) is 3.89. The van der Waals surface area contributed by atoms with E-state index in [1.54, 1.807) is 13.8 Å². The molecule has 1 unspecified atom stereocenters. The fraction of sp³-hybridized carbons (Fsp3) is 0.286. The number of carbonyl (C=O) groups is 1. The maximum atomic E-state index is 12.4. The first-order chi connectivity index (χ1) is 12.7. The summed E-state index contributed by atoms with van der Waals surface area (Å²) in [4.78, 5) is 17.2. The summed E-state index contributed by atoms with van der Waals surface area (Å²) in [5.41, 5.74) is 3.15. The van der Waals surface area contributed by atoms with Gasteiger partial charge < -0.3 is 9.94 Å². The Morgan fingerprint density at radius 1 is 1.04 bits per heavy atom. The Bertz CT molecular complexity index is 714. The number of oxime groups is 1. The van der Waals surface area contributed by atoms with Crippen LogP contribution in [0.4, 0.5) is 0 Å². The quantitative estimate of drug-likeness (QED) is 0.337. The first-order valence-electron chi connectivity index (χ1n) is 8.68. The topological polar surface area (TPSA) is 71.2 Å². The standard InChI is InChI=1S/C21H24N2O3/c1-3-26-21(24)19(15-14-16(2)23-25)22-20(17-10-6-4-7-11-17)18-12-8-5-9-13-18/h4-13,19,25H,3,14-15H2,1-2H3/b23-16+. The summed E-state index contributed by atoms with van der Waals surface area (Å²) >= 11 is 0. The Balaban J connectivity index is 2.43. The number of hydrogen-bond donors (Lipinski definition) is 1. The molecule has 0 bridgehead atoms. The molecule has 0 saturated carbocycles. The highest BCUT2D eigenvalue weighted by Gasteiger charge is 2.21. The number of nitrogens with zero attached hydrogens (tertiary/aromatic N) is 2. The molecule has 136 valence electrons. The van der Waals surface area contributed by atoms with Crippen molar-refractivity contribution < 1.29 is 14.7 Å². The minimum Gasteiger partial charge on any atom is -0.464 e. The summed E-state index contributed by atoms with van der Waals surface area (Å²) in [6.45, 7) is 3.78. The van der Waals surface area contributed by atoms with Gasteiger partial charge in [0.15, 0.2) is 0 Å². The molecule has 0 saturated heterocycles. The molecular weight excluding hydrogens is 328 g/mol. The molecule has 0 spiro atoms. The zero-order valence-electron chi connectivity index (χ0n) is 15.1. The predicted octanol–water partition coefficient (Wildman–Crippen LogP) is 4.09. The molecule has 0 amide bonds. The van der Waals surface area contributed by atoms with Gasteiger partial charge in [-0.2, -0.15) is 0 Å². The van der Waals surface area contributed by atoms with Gasteiger partial charge in [-0.15, -0.1) is 0 Å². The van der Waals surface area contributed by atoms with Gasteiger partial charge in [-0.3, -0.25) is 4.99 Å². The fourth-order valence-electron chi connectivity index (χ4n) is 2.53. The van der Waals surface area contributed by atoms with E-state index < -0.39 is 6.04 Å². The number of carbonyl (C=O) groups excluding carboxylic acids is 1. The zero-order chi connectivity index (χ0) is 18.8. The van der Waals surface area contributed by atoms with Crippen LogP contribution < -0.4 is 0 Å². The van der Waals surface area contributed by atoms with Gasteiger partial charge in [-0.05, 0) is 26.7 Å². The summed E-state index contributed by atoms with van der Waals surface area (Å²) in [7, 11) is 0. The second kappa shape index (κ2) is 10.1. The third kappa shape index (κ3) is 5.55. The molecule has 2 aromatic carbocycles. The molecule has 0 heterocycles. The molecule has 0 aliphatic carbocycles. The van der Waals surface area contributed by atoms with Crippen molar-refractivity contribution in [1.82, 2.24) is 0 Å². The molecule has 1 N–H and O–H groups in total. The highest BCUT2D eigenvalue weighted by Crippen LogP contribution is 2.15. The molecule has 0 aliphatic rings. The average Bonchev–Trinajstić information content (AvgIpc) is 2.69. The first kappa shape index (κ1) is 19.4. The van der Waals surface area contributed by atoms with Crippen molar-refractivity contribution >= 4 is 17.4 Å². The summed E-state index contributed by atoms with van der Waals surface area (Å²) in [6, 6.07) is 18.8. The van der Waals surface area contributed by atoms with E-state index >= 15 is 0 Å². The second-order valence-electron chi connectivity index (χ2n) is 5.85. The predicted molar refractivity (Wildman–Crippen MR) is 103 cm³/mol. The van der Waals surface area contributed by atoms with Gasteiger partial charge >= 0.3 is 5.97 Å². The lowest BCUT2D eigenvalue weighted by atomic mass is 10.0. The highest BCUT2D eigenvalue weighted by molar-refractivity contribution is 6.13. The lowest BCUT2D eigenvalue weighted by Crippen LogP contribution is -2.24. The van der Waals surface area contributed by atoms with Crippen LogP contribution in [0.5, 0.6) is 0 Å². The Labute approximate surface area is 154 Å². The number of ether oxygens (including phenoxy) is 1. The minimum absolute atomic E-state index is 0.296. The lowest BCUT2D eigenvalue weighted by Gasteiger charge is -2.15. The Morgan fingerprint density at radius 2 is 1.58 bits per heavy atom. The SMILES string of the molecule is CCOC(=O)C(CC/C(C)=N/O)N=C(c1ccccc1)c1ccccc1. The van der Waals surface area contributed by atoms with Crippen molar-refractivity contribution in [2.75, 3.05) is 6.61 Å². The minimum atomic E-state index is -0.665. The summed E-state index contributed by atoms with van der Waals surface area (Å²) in [5, 5.41) is 12.0. The third-order valence-corrected chi connectivity index (χ3v) is 3.89. The van der Waals surface area contributed by atoms with Gasteiger partial charge in [-0.25, -0.2) is 4.79 Å². The number of aliphatic imine (C=N–C) groups is 1. The average molecular weight is 352 g/mol. The van der Waals surface area contributed by atoms with Crippen molar-refractivity contribution in [3.63, 3.8) is 0 Å². The number of esters is 1. The van der Waals surface area contributed by atoms with E-state index in [1.165, 1.54) is 0 Å². The summed E-state index contributed by atoms with van der Waals surface area (Å²) in [5.74, 6) is -0.373. The summed E-state index contributed by atoms with van der Waals surface area (Å²) < 4.78 is 5.19. The molecule has 1 atom stereocenters. The van der Waals surface area contributed by atoms with Crippen molar-refractivity contribution in [2.45, 2.75) is 32.7 Å². The van der Waals surface area contributed by atoms with Crippen LogP contribution in [0.3, 0.4) is 0 Å². The van der Waals surface area contributed by atoms with Crippen molar-refractivity contribution in [3.8, 4) is 0 Å².